The lowest BCUT2D eigenvalue weighted by Gasteiger charge is -2.36. The Labute approximate surface area is 94.7 Å². The van der Waals surface area contributed by atoms with Gasteiger partial charge in [0.25, 0.3) is 0 Å². The first-order valence-corrected chi connectivity index (χ1v) is 6.44. The van der Waals surface area contributed by atoms with Gasteiger partial charge in [-0.2, -0.15) is 0 Å². The van der Waals surface area contributed by atoms with Crippen LogP contribution < -0.4 is 0 Å². The molecule has 2 unspecified atom stereocenters. The first-order valence-electron chi connectivity index (χ1n) is 6.44. The summed E-state index contributed by atoms with van der Waals surface area (Å²) in [5, 5.41) is 9.65. The Morgan fingerprint density at radius 1 is 1.13 bits per heavy atom. The normalized spacial score (nSPS) is 28.0. The molecule has 15 heavy (non-hydrogen) atoms. The highest BCUT2D eigenvalue weighted by Gasteiger charge is 2.24. The Kier molecular flexibility index (Phi) is 5.07. The summed E-state index contributed by atoms with van der Waals surface area (Å²) in [6.45, 7) is 10.2. The number of rotatable bonds is 4. The lowest BCUT2D eigenvalue weighted by molar-refractivity contribution is 0.0673. The van der Waals surface area contributed by atoms with Crippen LogP contribution in [0.2, 0.25) is 0 Å². The maximum absolute atomic E-state index is 9.65. The van der Waals surface area contributed by atoms with Crippen molar-refractivity contribution in [3.8, 4) is 0 Å². The molecule has 0 spiro atoms. The van der Waals surface area contributed by atoms with Gasteiger partial charge in [0.05, 0.1) is 6.10 Å². The number of nitrogens with zero attached hydrogens (tertiary/aromatic N) is 1. The zero-order chi connectivity index (χ0) is 11.4. The molecule has 0 bridgehead atoms. The highest BCUT2D eigenvalue weighted by atomic mass is 16.3. The standard InChI is InChI=1S/C13H27NO/c1-10(2)14(11(3)4)9-12-6-5-7-13(15)8-12/h10-13,15H,5-9H2,1-4H3. The Balaban J connectivity index is 2.43. The maximum Gasteiger partial charge on any atom is 0.0543 e. The summed E-state index contributed by atoms with van der Waals surface area (Å²) in [4.78, 5) is 2.54. The summed E-state index contributed by atoms with van der Waals surface area (Å²) in [6, 6.07) is 1.23. The van der Waals surface area contributed by atoms with Crippen LogP contribution in [0.1, 0.15) is 53.4 Å². The van der Waals surface area contributed by atoms with Crippen LogP contribution in [0.3, 0.4) is 0 Å². The molecule has 0 aromatic heterocycles. The van der Waals surface area contributed by atoms with Crippen molar-refractivity contribution in [2.45, 2.75) is 71.6 Å². The summed E-state index contributed by atoms with van der Waals surface area (Å²) in [7, 11) is 0. The summed E-state index contributed by atoms with van der Waals surface area (Å²) in [5.41, 5.74) is 0. The predicted molar refractivity (Wildman–Crippen MR) is 64.9 cm³/mol. The van der Waals surface area contributed by atoms with E-state index in [9.17, 15) is 5.11 Å². The Bertz CT molecular complexity index is 171. The minimum Gasteiger partial charge on any atom is -0.393 e. The van der Waals surface area contributed by atoms with Gasteiger partial charge in [-0.1, -0.05) is 6.42 Å². The van der Waals surface area contributed by atoms with Crippen LogP contribution >= 0.6 is 0 Å². The fourth-order valence-electron chi connectivity index (χ4n) is 2.74. The maximum atomic E-state index is 9.65. The molecule has 0 aromatic carbocycles. The van der Waals surface area contributed by atoms with Crippen molar-refractivity contribution in [1.29, 1.82) is 0 Å². The van der Waals surface area contributed by atoms with Crippen LogP contribution in [0.5, 0.6) is 0 Å². The van der Waals surface area contributed by atoms with Gasteiger partial charge in [-0.15, -0.1) is 0 Å². The van der Waals surface area contributed by atoms with Crippen LogP contribution in [-0.4, -0.2) is 34.7 Å². The second-order valence-corrected chi connectivity index (χ2v) is 5.57. The molecule has 1 fully saturated rings. The van der Waals surface area contributed by atoms with E-state index in [1.165, 1.54) is 12.8 Å². The monoisotopic (exact) mass is 213 g/mol. The van der Waals surface area contributed by atoms with E-state index in [2.05, 4.69) is 32.6 Å². The topological polar surface area (TPSA) is 23.5 Å². The van der Waals surface area contributed by atoms with E-state index >= 15 is 0 Å². The third-order valence-electron chi connectivity index (χ3n) is 3.55. The van der Waals surface area contributed by atoms with Crippen molar-refractivity contribution < 1.29 is 5.11 Å². The first kappa shape index (κ1) is 13.0. The second-order valence-electron chi connectivity index (χ2n) is 5.57. The molecule has 0 amide bonds. The molecule has 0 saturated heterocycles. The number of hydrogen-bond donors (Lipinski definition) is 1. The third-order valence-corrected chi connectivity index (χ3v) is 3.55. The van der Waals surface area contributed by atoms with Gasteiger partial charge in [-0.05, 0) is 52.9 Å². The number of hydrogen-bond acceptors (Lipinski definition) is 2. The van der Waals surface area contributed by atoms with Crippen molar-refractivity contribution in [3.05, 3.63) is 0 Å². The number of aliphatic hydroxyl groups is 1. The molecule has 1 aliphatic rings. The van der Waals surface area contributed by atoms with Crippen LogP contribution in [0, 0.1) is 5.92 Å². The molecule has 0 radical (unpaired) electrons. The molecule has 0 heterocycles. The summed E-state index contributed by atoms with van der Waals surface area (Å²) < 4.78 is 0. The van der Waals surface area contributed by atoms with E-state index in [-0.39, 0.29) is 6.10 Å². The SMILES string of the molecule is CC(C)N(CC1CCCC(O)C1)C(C)C. The average molecular weight is 213 g/mol. The fourth-order valence-corrected chi connectivity index (χ4v) is 2.74. The zero-order valence-electron chi connectivity index (χ0n) is 10.7. The average Bonchev–Trinajstić information content (AvgIpc) is 2.13. The summed E-state index contributed by atoms with van der Waals surface area (Å²) in [6.07, 6.45) is 4.49. The van der Waals surface area contributed by atoms with Crippen LogP contribution in [0.4, 0.5) is 0 Å². The second kappa shape index (κ2) is 5.86. The van der Waals surface area contributed by atoms with E-state index in [0.29, 0.717) is 18.0 Å². The number of aliphatic hydroxyl groups excluding tert-OH is 1. The zero-order valence-corrected chi connectivity index (χ0v) is 10.7. The lowest BCUT2D eigenvalue weighted by atomic mass is 9.86. The summed E-state index contributed by atoms with van der Waals surface area (Å²) >= 11 is 0. The molecule has 2 heteroatoms. The highest BCUT2D eigenvalue weighted by Crippen LogP contribution is 2.26. The van der Waals surface area contributed by atoms with E-state index in [4.69, 9.17) is 0 Å². The van der Waals surface area contributed by atoms with Crippen LogP contribution in [-0.2, 0) is 0 Å². The molecule has 2 nitrogen and oxygen atoms in total. The minimum absolute atomic E-state index is 0.0371. The van der Waals surface area contributed by atoms with Crippen molar-refractivity contribution in [1.82, 2.24) is 4.90 Å². The molecule has 0 aliphatic heterocycles. The molecule has 2 atom stereocenters. The van der Waals surface area contributed by atoms with Crippen molar-refractivity contribution in [2.24, 2.45) is 5.92 Å². The smallest absolute Gasteiger partial charge is 0.0543 e. The Morgan fingerprint density at radius 2 is 1.73 bits per heavy atom. The van der Waals surface area contributed by atoms with Gasteiger partial charge >= 0.3 is 0 Å². The third kappa shape index (κ3) is 4.12. The van der Waals surface area contributed by atoms with Gasteiger partial charge < -0.3 is 5.11 Å². The predicted octanol–water partition coefficient (Wildman–Crippen LogP) is 2.66. The van der Waals surface area contributed by atoms with Crippen molar-refractivity contribution in [2.75, 3.05) is 6.54 Å². The van der Waals surface area contributed by atoms with E-state index in [0.717, 1.165) is 19.4 Å². The van der Waals surface area contributed by atoms with Crippen molar-refractivity contribution in [3.63, 3.8) is 0 Å². The van der Waals surface area contributed by atoms with E-state index in [1.54, 1.807) is 0 Å². The van der Waals surface area contributed by atoms with Gasteiger partial charge in [0.2, 0.25) is 0 Å². The molecule has 0 aromatic rings. The molecular formula is C13H27NO. The van der Waals surface area contributed by atoms with Crippen LogP contribution in [0.15, 0.2) is 0 Å². The van der Waals surface area contributed by atoms with Gasteiger partial charge in [0, 0.05) is 18.6 Å². The lowest BCUT2D eigenvalue weighted by Crippen LogP contribution is -2.41. The molecule has 1 saturated carbocycles. The van der Waals surface area contributed by atoms with Gasteiger partial charge in [-0.3, -0.25) is 4.90 Å². The Hall–Kier alpha value is -0.0800. The molecule has 1 aliphatic carbocycles. The molecular weight excluding hydrogens is 186 g/mol. The van der Waals surface area contributed by atoms with E-state index < -0.39 is 0 Å². The van der Waals surface area contributed by atoms with Gasteiger partial charge in [-0.25, -0.2) is 0 Å². The molecule has 1 N–H and O–H groups in total. The first-order chi connectivity index (χ1) is 7.00. The van der Waals surface area contributed by atoms with Crippen LogP contribution in [0.25, 0.3) is 0 Å². The van der Waals surface area contributed by atoms with Crippen molar-refractivity contribution >= 4 is 0 Å². The van der Waals surface area contributed by atoms with Gasteiger partial charge in [0.15, 0.2) is 0 Å². The fraction of sp³-hybridized carbons (Fsp3) is 1.00. The molecule has 90 valence electrons. The highest BCUT2D eigenvalue weighted by molar-refractivity contribution is 4.77. The summed E-state index contributed by atoms with van der Waals surface area (Å²) in [5.74, 6) is 0.707. The van der Waals surface area contributed by atoms with Gasteiger partial charge in [0.1, 0.15) is 0 Å². The largest absolute Gasteiger partial charge is 0.393 e. The minimum atomic E-state index is -0.0371. The quantitative estimate of drug-likeness (QED) is 0.776. The van der Waals surface area contributed by atoms with E-state index in [1.807, 2.05) is 0 Å². The Morgan fingerprint density at radius 3 is 2.20 bits per heavy atom. The molecule has 1 rings (SSSR count).